The van der Waals surface area contributed by atoms with Crippen molar-refractivity contribution in [2.75, 3.05) is 5.32 Å². The predicted molar refractivity (Wildman–Crippen MR) is 82.2 cm³/mol. The van der Waals surface area contributed by atoms with Gasteiger partial charge in [-0.3, -0.25) is 4.79 Å². The fourth-order valence-corrected chi connectivity index (χ4v) is 1.95. The third-order valence-corrected chi connectivity index (χ3v) is 3.29. The molecule has 2 rings (SSSR count). The van der Waals surface area contributed by atoms with Crippen LogP contribution in [0.1, 0.15) is 18.1 Å². The number of ether oxygens (including phenoxy) is 1. The highest BCUT2D eigenvalue weighted by molar-refractivity contribution is 5.94. The van der Waals surface area contributed by atoms with Crippen molar-refractivity contribution in [2.24, 2.45) is 0 Å². The molecule has 0 saturated heterocycles. The van der Waals surface area contributed by atoms with Gasteiger partial charge in [0.05, 0.1) is 6.61 Å². The molecule has 2 aromatic carbocycles. The van der Waals surface area contributed by atoms with Crippen LogP contribution in [0.5, 0.6) is 5.75 Å². The lowest BCUT2D eigenvalue weighted by atomic mass is 10.2. The maximum atomic E-state index is 13.5. The highest BCUT2D eigenvalue weighted by Gasteiger charge is 2.16. The number of nitrogens with one attached hydrogen (secondary N) is 1. The number of rotatable bonds is 5. The summed E-state index contributed by atoms with van der Waals surface area (Å²) in [4.78, 5) is 12.1. The molecule has 4 nitrogen and oxygen atoms in total. The largest absolute Gasteiger partial charge is 0.481 e. The maximum Gasteiger partial charge on any atom is 0.265 e. The highest BCUT2D eigenvalue weighted by Crippen LogP contribution is 2.19. The Hall–Kier alpha value is -2.40. The summed E-state index contributed by atoms with van der Waals surface area (Å²) in [5.74, 6) is -0.254. The van der Waals surface area contributed by atoms with Crippen molar-refractivity contribution in [3.63, 3.8) is 0 Å². The Bertz CT molecular complexity index is 673. The fraction of sp³-hybridized carbons (Fsp3) is 0.235. The van der Waals surface area contributed by atoms with Gasteiger partial charge >= 0.3 is 0 Å². The first-order valence-corrected chi connectivity index (χ1v) is 6.93. The Morgan fingerprint density at radius 1 is 1.32 bits per heavy atom. The van der Waals surface area contributed by atoms with Crippen LogP contribution in [0.4, 0.5) is 10.1 Å². The van der Waals surface area contributed by atoms with Crippen molar-refractivity contribution < 1.29 is 19.0 Å². The molecule has 0 aliphatic rings. The van der Waals surface area contributed by atoms with Gasteiger partial charge in [0, 0.05) is 11.3 Å². The van der Waals surface area contributed by atoms with E-state index in [1.165, 1.54) is 12.1 Å². The van der Waals surface area contributed by atoms with E-state index in [4.69, 9.17) is 9.84 Å². The zero-order chi connectivity index (χ0) is 16.1. The van der Waals surface area contributed by atoms with Crippen LogP contribution in [0.2, 0.25) is 0 Å². The number of anilines is 1. The second-order valence-electron chi connectivity index (χ2n) is 4.97. The first kappa shape index (κ1) is 16.0. The van der Waals surface area contributed by atoms with E-state index in [9.17, 15) is 9.18 Å². The smallest absolute Gasteiger partial charge is 0.265 e. The summed E-state index contributed by atoms with van der Waals surface area (Å²) < 4.78 is 19.0. The number of halogens is 1. The quantitative estimate of drug-likeness (QED) is 0.892. The van der Waals surface area contributed by atoms with Crippen LogP contribution in [0, 0.1) is 12.7 Å². The molecular formula is C17H18FNO3. The molecule has 0 saturated carbocycles. The van der Waals surface area contributed by atoms with E-state index in [1.807, 2.05) is 0 Å². The lowest BCUT2D eigenvalue weighted by Gasteiger charge is -2.16. The Morgan fingerprint density at radius 2 is 2.05 bits per heavy atom. The van der Waals surface area contributed by atoms with E-state index in [0.29, 0.717) is 22.6 Å². The van der Waals surface area contributed by atoms with Crippen LogP contribution >= 0.6 is 0 Å². The lowest BCUT2D eigenvalue weighted by molar-refractivity contribution is -0.122. The van der Waals surface area contributed by atoms with Crippen molar-refractivity contribution >= 4 is 11.6 Å². The van der Waals surface area contributed by atoms with Crippen LogP contribution in [0.15, 0.2) is 42.5 Å². The summed E-state index contributed by atoms with van der Waals surface area (Å²) in [6, 6.07) is 11.4. The second kappa shape index (κ2) is 7.04. The summed E-state index contributed by atoms with van der Waals surface area (Å²) in [7, 11) is 0. The summed E-state index contributed by atoms with van der Waals surface area (Å²) in [5, 5.41) is 11.7. The Morgan fingerprint density at radius 3 is 2.77 bits per heavy atom. The average molecular weight is 303 g/mol. The number of hydrogen-bond acceptors (Lipinski definition) is 3. The summed E-state index contributed by atoms with van der Waals surface area (Å²) >= 11 is 0. The molecule has 22 heavy (non-hydrogen) atoms. The van der Waals surface area contributed by atoms with E-state index >= 15 is 0 Å². The first-order chi connectivity index (χ1) is 10.5. The van der Waals surface area contributed by atoms with Gasteiger partial charge in [-0.25, -0.2) is 4.39 Å². The second-order valence-corrected chi connectivity index (χ2v) is 4.97. The molecule has 0 aromatic heterocycles. The fourth-order valence-electron chi connectivity index (χ4n) is 1.95. The average Bonchev–Trinajstić information content (AvgIpc) is 2.52. The molecular weight excluding hydrogens is 285 g/mol. The maximum absolute atomic E-state index is 13.5. The molecule has 1 unspecified atom stereocenters. The Balaban J connectivity index is 2.04. The highest BCUT2D eigenvalue weighted by atomic mass is 19.1. The minimum atomic E-state index is -0.753. The van der Waals surface area contributed by atoms with Crippen molar-refractivity contribution in [2.45, 2.75) is 26.6 Å². The molecule has 116 valence electrons. The van der Waals surface area contributed by atoms with E-state index in [2.05, 4.69) is 5.32 Å². The van der Waals surface area contributed by atoms with Crippen LogP contribution in [-0.4, -0.2) is 17.1 Å². The number of hydrogen-bond donors (Lipinski definition) is 2. The van der Waals surface area contributed by atoms with Crippen molar-refractivity contribution in [1.82, 2.24) is 0 Å². The number of carbonyl (C=O) groups excluding carboxylic acids is 1. The zero-order valence-corrected chi connectivity index (χ0v) is 12.5. The van der Waals surface area contributed by atoms with Gasteiger partial charge in [-0.05, 0) is 43.7 Å². The van der Waals surface area contributed by atoms with Crippen LogP contribution in [0.25, 0.3) is 0 Å². The van der Waals surface area contributed by atoms with Gasteiger partial charge in [-0.2, -0.15) is 0 Å². The minimum absolute atomic E-state index is 0.0970. The van der Waals surface area contributed by atoms with Gasteiger partial charge < -0.3 is 15.2 Å². The van der Waals surface area contributed by atoms with E-state index in [1.54, 1.807) is 44.2 Å². The van der Waals surface area contributed by atoms with Crippen molar-refractivity contribution in [3.8, 4) is 5.75 Å². The summed E-state index contributed by atoms with van der Waals surface area (Å²) in [6.45, 7) is 3.11. The van der Waals surface area contributed by atoms with Gasteiger partial charge in [-0.1, -0.05) is 18.2 Å². The Kier molecular flexibility index (Phi) is 5.12. The summed E-state index contributed by atoms with van der Waals surface area (Å²) in [5.41, 5.74) is 1.50. The molecule has 0 aliphatic carbocycles. The third kappa shape index (κ3) is 3.83. The van der Waals surface area contributed by atoms with E-state index in [0.717, 1.165) is 0 Å². The van der Waals surface area contributed by atoms with Crippen LogP contribution in [0.3, 0.4) is 0 Å². The Labute approximate surface area is 128 Å². The van der Waals surface area contributed by atoms with Crippen molar-refractivity contribution in [1.29, 1.82) is 0 Å². The predicted octanol–water partition coefficient (Wildman–Crippen LogP) is 3.03. The topological polar surface area (TPSA) is 58.6 Å². The third-order valence-electron chi connectivity index (χ3n) is 3.29. The lowest BCUT2D eigenvalue weighted by Crippen LogP contribution is -2.30. The molecule has 1 amide bonds. The van der Waals surface area contributed by atoms with Gasteiger partial charge in [0.15, 0.2) is 6.10 Å². The van der Waals surface area contributed by atoms with Gasteiger partial charge in [0.25, 0.3) is 5.91 Å². The molecule has 0 radical (unpaired) electrons. The van der Waals surface area contributed by atoms with Crippen molar-refractivity contribution in [3.05, 3.63) is 59.4 Å². The summed E-state index contributed by atoms with van der Waals surface area (Å²) in [6.07, 6.45) is -0.753. The van der Waals surface area contributed by atoms with E-state index in [-0.39, 0.29) is 18.3 Å². The number of benzene rings is 2. The standard InChI is InChI=1S/C17H18FNO3/c1-11-15(18)7-4-8-16(11)19-17(21)12(2)22-14-6-3-5-13(9-14)10-20/h3-9,12,20H,10H2,1-2H3,(H,19,21). The number of aliphatic hydroxyl groups excluding tert-OH is 1. The van der Waals surface area contributed by atoms with Gasteiger partial charge in [0.2, 0.25) is 0 Å². The number of amides is 1. The number of aliphatic hydroxyl groups is 1. The molecule has 2 N–H and O–H groups in total. The number of carbonyl (C=O) groups is 1. The molecule has 0 aliphatic heterocycles. The SMILES string of the molecule is Cc1c(F)cccc1NC(=O)C(C)Oc1cccc(CO)c1. The van der Waals surface area contributed by atoms with Gasteiger partial charge in [0.1, 0.15) is 11.6 Å². The van der Waals surface area contributed by atoms with Crippen LogP contribution < -0.4 is 10.1 Å². The van der Waals surface area contributed by atoms with Crippen LogP contribution in [-0.2, 0) is 11.4 Å². The normalized spacial score (nSPS) is 11.8. The molecule has 0 bridgehead atoms. The molecule has 0 spiro atoms. The molecule has 0 fully saturated rings. The van der Waals surface area contributed by atoms with E-state index < -0.39 is 6.10 Å². The molecule has 2 aromatic rings. The monoisotopic (exact) mass is 303 g/mol. The molecule has 1 atom stereocenters. The minimum Gasteiger partial charge on any atom is -0.481 e. The molecule has 0 heterocycles. The first-order valence-electron chi connectivity index (χ1n) is 6.93. The molecule has 5 heteroatoms. The zero-order valence-electron chi connectivity index (χ0n) is 12.5. The van der Waals surface area contributed by atoms with Gasteiger partial charge in [-0.15, -0.1) is 0 Å².